The van der Waals surface area contributed by atoms with Gasteiger partial charge in [-0.1, -0.05) is 48.1 Å². The molecule has 0 aliphatic heterocycles. The first kappa shape index (κ1) is 19.4. The fraction of sp³-hybridized carbons (Fsp3) is 0.333. The molecule has 1 aromatic heterocycles. The SMILES string of the molecule is CC=C1C2C=C(C)CC1(NC(=O)C(N)Cc1ccccc1)c1ccc(=O)[nH]c1C2. The standard InChI is InChI=1S/C24H27N3O2/c1-3-18-17-11-15(2)14-24(18,19-9-10-22(28)26-21(19)13-17)27-23(29)20(25)12-16-7-5-4-6-8-16/h3-11,17,20H,12-14,25H2,1-2H3,(H,26,28)(H,27,29). The van der Waals surface area contributed by atoms with Crippen molar-refractivity contribution in [3.8, 4) is 0 Å². The number of aromatic amines is 1. The second kappa shape index (κ2) is 7.48. The number of allylic oxidation sites excluding steroid dienone is 2. The summed E-state index contributed by atoms with van der Waals surface area (Å²) < 4.78 is 0. The first-order valence-electron chi connectivity index (χ1n) is 10.1. The first-order chi connectivity index (χ1) is 13.9. The summed E-state index contributed by atoms with van der Waals surface area (Å²) in [6.07, 6.45) is 6.23. The van der Waals surface area contributed by atoms with Crippen LogP contribution in [-0.4, -0.2) is 16.9 Å². The molecule has 29 heavy (non-hydrogen) atoms. The number of amides is 1. The number of H-pyrrole nitrogens is 1. The first-order valence-corrected chi connectivity index (χ1v) is 10.1. The van der Waals surface area contributed by atoms with Crippen molar-refractivity contribution in [1.29, 1.82) is 0 Å². The Kier molecular flexibility index (Phi) is 5.01. The maximum atomic E-state index is 13.2. The minimum absolute atomic E-state index is 0.117. The molecule has 2 bridgehead atoms. The number of carbonyl (C=O) groups is 1. The Bertz CT molecular complexity index is 1050. The minimum Gasteiger partial charge on any atom is -0.341 e. The molecule has 0 saturated carbocycles. The summed E-state index contributed by atoms with van der Waals surface area (Å²) in [5.41, 5.74) is 10.8. The zero-order chi connectivity index (χ0) is 20.6. The van der Waals surface area contributed by atoms with Crippen LogP contribution >= 0.6 is 0 Å². The highest BCUT2D eigenvalue weighted by molar-refractivity contribution is 5.83. The number of carbonyl (C=O) groups excluding carboxylic acids is 1. The third-order valence-electron chi connectivity index (χ3n) is 6.09. The van der Waals surface area contributed by atoms with E-state index < -0.39 is 11.6 Å². The molecule has 150 valence electrons. The van der Waals surface area contributed by atoms with Gasteiger partial charge in [-0.2, -0.15) is 0 Å². The largest absolute Gasteiger partial charge is 0.341 e. The minimum atomic E-state index is -0.665. The predicted molar refractivity (Wildman–Crippen MR) is 114 cm³/mol. The van der Waals surface area contributed by atoms with Crippen LogP contribution in [0.2, 0.25) is 0 Å². The second-order valence-electron chi connectivity index (χ2n) is 8.15. The van der Waals surface area contributed by atoms with Crippen LogP contribution in [0.1, 0.15) is 37.1 Å². The highest BCUT2D eigenvalue weighted by Gasteiger charge is 2.48. The van der Waals surface area contributed by atoms with E-state index in [9.17, 15) is 9.59 Å². The van der Waals surface area contributed by atoms with E-state index in [4.69, 9.17) is 5.73 Å². The van der Waals surface area contributed by atoms with Gasteiger partial charge in [0.05, 0.1) is 11.6 Å². The molecule has 1 amide bonds. The molecule has 0 saturated heterocycles. The number of nitrogens with one attached hydrogen (secondary N) is 2. The quantitative estimate of drug-likeness (QED) is 0.703. The van der Waals surface area contributed by atoms with Gasteiger partial charge in [-0.25, -0.2) is 0 Å². The lowest BCUT2D eigenvalue weighted by Crippen LogP contribution is -2.57. The zero-order valence-corrected chi connectivity index (χ0v) is 16.9. The molecule has 0 radical (unpaired) electrons. The topological polar surface area (TPSA) is 88.0 Å². The van der Waals surface area contributed by atoms with E-state index in [0.717, 1.165) is 23.2 Å². The maximum absolute atomic E-state index is 13.2. The Morgan fingerprint density at radius 1 is 1.31 bits per heavy atom. The highest BCUT2D eigenvalue weighted by Crippen LogP contribution is 2.49. The third-order valence-corrected chi connectivity index (χ3v) is 6.09. The van der Waals surface area contributed by atoms with E-state index in [1.54, 1.807) is 0 Å². The molecule has 5 heteroatoms. The number of aromatic nitrogens is 1. The van der Waals surface area contributed by atoms with Crippen molar-refractivity contribution in [3.05, 3.63) is 92.9 Å². The van der Waals surface area contributed by atoms with E-state index in [0.29, 0.717) is 12.8 Å². The molecule has 2 aliphatic rings. The van der Waals surface area contributed by atoms with E-state index >= 15 is 0 Å². The summed E-state index contributed by atoms with van der Waals surface area (Å²) in [5, 5.41) is 3.30. The summed E-state index contributed by atoms with van der Waals surface area (Å²) in [4.78, 5) is 28.1. The predicted octanol–water partition coefficient (Wildman–Crippen LogP) is 2.73. The molecular weight excluding hydrogens is 362 g/mol. The van der Waals surface area contributed by atoms with Gasteiger partial charge in [-0.05, 0) is 50.3 Å². The van der Waals surface area contributed by atoms with Crippen molar-refractivity contribution < 1.29 is 4.79 Å². The van der Waals surface area contributed by atoms with Gasteiger partial charge in [-0.15, -0.1) is 0 Å². The number of rotatable bonds is 4. The van der Waals surface area contributed by atoms with Crippen LogP contribution in [0.5, 0.6) is 0 Å². The molecule has 4 rings (SSSR count). The number of hydrogen-bond donors (Lipinski definition) is 3. The van der Waals surface area contributed by atoms with Crippen LogP contribution in [0.3, 0.4) is 0 Å². The molecular formula is C24H27N3O2. The molecule has 5 nitrogen and oxygen atoms in total. The van der Waals surface area contributed by atoms with Crippen LogP contribution in [0.15, 0.2) is 70.6 Å². The third kappa shape index (κ3) is 3.47. The van der Waals surface area contributed by atoms with Crippen molar-refractivity contribution in [2.24, 2.45) is 11.7 Å². The van der Waals surface area contributed by atoms with Gasteiger partial charge in [-0.3, -0.25) is 9.59 Å². The lowest BCUT2D eigenvalue weighted by atomic mass is 9.63. The van der Waals surface area contributed by atoms with E-state index in [2.05, 4.69) is 29.4 Å². The Morgan fingerprint density at radius 3 is 2.79 bits per heavy atom. The van der Waals surface area contributed by atoms with Crippen molar-refractivity contribution >= 4 is 5.91 Å². The summed E-state index contributed by atoms with van der Waals surface area (Å²) >= 11 is 0. The average molecular weight is 389 g/mol. The number of benzene rings is 1. The van der Waals surface area contributed by atoms with E-state index in [1.165, 1.54) is 17.2 Å². The molecule has 2 aliphatic carbocycles. The molecule has 3 atom stereocenters. The summed E-state index contributed by atoms with van der Waals surface area (Å²) in [7, 11) is 0. The zero-order valence-electron chi connectivity index (χ0n) is 16.9. The smallest absolute Gasteiger partial charge is 0.248 e. The molecule has 3 unspecified atom stereocenters. The van der Waals surface area contributed by atoms with Gasteiger partial charge in [0, 0.05) is 23.2 Å². The van der Waals surface area contributed by atoms with E-state index in [-0.39, 0.29) is 17.4 Å². The number of fused-ring (bicyclic) bond motifs is 4. The number of hydrogen-bond acceptors (Lipinski definition) is 3. The van der Waals surface area contributed by atoms with Crippen molar-refractivity contribution in [1.82, 2.24) is 10.3 Å². The highest BCUT2D eigenvalue weighted by atomic mass is 16.2. The lowest BCUT2D eigenvalue weighted by Gasteiger charge is -2.48. The molecule has 2 aromatic rings. The number of pyridine rings is 1. The maximum Gasteiger partial charge on any atom is 0.248 e. The second-order valence-corrected chi connectivity index (χ2v) is 8.15. The summed E-state index contributed by atoms with van der Waals surface area (Å²) in [5.74, 6) is -0.0225. The fourth-order valence-electron chi connectivity index (χ4n) is 4.95. The fourth-order valence-corrected chi connectivity index (χ4v) is 4.95. The number of nitrogens with two attached hydrogens (primary N) is 1. The molecule has 1 aromatic carbocycles. The van der Waals surface area contributed by atoms with Crippen molar-refractivity contribution in [2.45, 2.75) is 44.7 Å². The summed E-state index contributed by atoms with van der Waals surface area (Å²) in [6.45, 7) is 4.11. The van der Waals surface area contributed by atoms with E-state index in [1.807, 2.05) is 43.3 Å². The average Bonchev–Trinajstić information content (AvgIpc) is 2.67. The van der Waals surface area contributed by atoms with Gasteiger partial charge in [0.15, 0.2) is 0 Å². The van der Waals surface area contributed by atoms with Crippen molar-refractivity contribution in [2.75, 3.05) is 0 Å². The van der Waals surface area contributed by atoms with Gasteiger partial charge in [0.2, 0.25) is 11.5 Å². The monoisotopic (exact) mass is 389 g/mol. The molecule has 0 spiro atoms. The Labute approximate surface area is 170 Å². The van der Waals surface area contributed by atoms with Crippen molar-refractivity contribution in [3.63, 3.8) is 0 Å². The lowest BCUT2D eigenvalue weighted by molar-refractivity contribution is -0.124. The van der Waals surface area contributed by atoms with Crippen LogP contribution in [-0.2, 0) is 23.2 Å². The van der Waals surface area contributed by atoms with Gasteiger partial charge >= 0.3 is 0 Å². The van der Waals surface area contributed by atoms with Crippen LogP contribution in [0, 0.1) is 5.92 Å². The Balaban J connectivity index is 1.72. The van der Waals surface area contributed by atoms with Gasteiger partial charge in [0.1, 0.15) is 0 Å². The van der Waals surface area contributed by atoms with Crippen LogP contribution in [0.25, 0.3) is 0 Å². The van der Waals surface area contributed by atoms with Gasteiger partial charge < -0.3 is 16.0 Å². The summed E-state index contributed by atoms with van der Waals surface area (Å²) in [6, 6.07) is 12.5. The molecule has 4 N–H and O–H groups in total. The van der Waals surface area contributed by atoms with Gasteiger partial charge in [0.25, 0.3) is 0 Å². The van der Waals surface area contributed by atoms with Crippen LogP contribution < -0.4 is 16.6 Å². The molecule has 1 heterocycles. The van der Waals surface area contributed by atoms with Crippen LogP contribution in [0.4, 0.5) is 0 Å². The molecule has 0 fully saturated rings. The normalized spacial score (nSPS) is 25.1. The Morgan fingerprint density at radius 2 is 2.07 bits per heavy atom. The Hall–Kier alpha value is -2.92.